The zero-order chi connectivity index (χ0) is 12.3. The van der Waals surface area contributed by atoms with E-state index in [0.29, 0.717) is 6.61 Å². The molecule has 0 aliphatic rings. The predicted octanol–water partition coefficient (Wildman–Crippen LogP) is 2.23. The first-order valence-corrected chi connectivity index (χ1v) is 6.49. The molecule has 0 saturated carbocycles. The molecule has 0 aliphatic carbocycles. The molecule has 2 aromatic heterocycles. The van der Waals surface area contributed by atoms with Crippen molar-refractivity contribution in [3.8, 4) is 0 Å². The van der Waals surface area contributed by atoms with Crippen LogP contribution in [0.25, 0.3) is 10.2 Å². The first kappa shape index (κ1) is 12.4. The van der Waals surface area contributed by atoms with Gasteiger partial charge in [-0.3, -0.25) is 16.3 Å². The fraction of sp³-hybridized carbons (Fsp3) is 0.417. The number of thiophene rings is 1. The Hall–Kier alpha value is -1.01. The van der Waals surface area contributed by atoms with Crippen LogP contribution in [0.3, 0.4) is 0 Å². The molecular formula is C12H17N3OS. The van der Waals surface area contributed by atoms with Crippen LogP contribution in [0.5, 0.6) is 0 Å². The van der Waals surface area contributed by atoms with E-state index >= 15 is 0 Å². The van der Waals surface area contributed by atoms with Gasteiger partial charge in [-0.1, -0.05) is 0 Å². The predicted molar refractivity (Wildman–Crippen MR) is 70.8 cm³/mol. The van der Waals surface area contributed by atoms with Crippen molar-refractivity contribution in [1.82, 2.24) is 10.4 Å². The minimum atomic E-state index is -0.0172. The highest BCUT2D eigenvalue weighted by molar-refractivity contribution is 7.17. The van der Waals surface area contributed by atoms with Crippen molar-refractivity contribution >= 4 is 21.6 Å². The van der Waals surface area contributed by atoms with E-state index in [-0.39, 0.29) is 12.1 Å². The normalized spacial score (nSPS) is 13.4. The van der Waals surface area contributed by atoms with E-state index in [0.717, 1.165) is 11.1 Å². The number of hydrogen-bond acceptors (Lipinski definition) is 5. The molecule has 0 bridgehead atoms. The van der Waals surface area contributed by atoms with Gasteiger partial charge in [0.15, 0.2) is 0 Å². The van der Waals surface area contributed by atoms with Crippen molar-refractivity contribution in [2.24, 2.45) is 5.84 Å². The van der Waals surface area contributed by atoms with Crippen LogP contribution in [0, 0.1) is 0 Å². The van der Waals surface area contributed by atoms with Gasteiger partial charge < -0.3 is 4.74 Å². The molecule has 1 unspecified atom stereocenters. The third-order valence-corrected chi connectivity index (χ3v) is 3.38. The maximum absolute atomic E-state index is 5.58. The lowest BCUT2D eigenvalue weighted by Crippen LogP contribution is -2.32. The summed E-state index contributed by atoms with van der Waals surface area (Å²) in [6.07, 6.45) is 2.05. The van der Waals surface area contributed by atoms with Crippen LogP contribution in [0.4, 0.5) is 0 Å². The summed E-state index contributed by atoms with van der Waals surface area (Å²) in [7, 11) is 0. The molecule has 0 saturated heterocycles. The Labute approximate surface area is 105 Å². The van der Waals surface area contributed by atoms with E-state index in [9.17, 15) is 0 Å². The van der Waals surface area contributed by atoms with Gasteiger partial charge in [0.05, 0.1) is 29.0 Å². The molecule has 2 rings (SSSR count). The number of fused-ring (bicyclic) bond motifs is 1. The minimum Gasteiger partial charge on any atom is -0.377 e. The first-order chi connectivity index (χ1) is 8.20. The third kappa shape index (κ3) is 3.01. The SMILES string of the molecule is CC(C)OCC(NN)c1cnc2ccsc2c1. The average molecular weight is 251 g/mol. The maximum atomic E-state index is 5.58. The minimum absolute atomic E-state index is 0.0172. The van der Waals surface area contributed by atoms with E-state index in [1.807, 2.05) is 31.5 Å². The number of nitrogens with zero attached hydrogens (tertiary/aromatic N) is 1. The lowest BCUT2D eigenvalue weighted by atomic mass is 10.1. The van der Waals surface area contributed by atoms with Crippen LogP contribution in [-0.4, -0.2) is 17.7 Å². The Morgan fingerprint density at radius 3 is 3.06 bits per heavy atom. The summed E-state index contributed by atoms with van der Waals surface area (Å²) in [4.78, 5) is 4.40. The summed E-state index contributed by atoms with van der Waals surface area (Å²) in [6.45, 7) is 4.56. The highest BCUT2D eigenvalue weighted by Crippen LogP contribution is 2.22. The van der Waals surface area contributed by atoms with Crippen LogP contribution >= 0.6 is 11.3 Å². The van der Waals surface area contributed by atoms with Gasteiger partial charge in [-0.15, -0.1) is 11.3 Å². The highest BCUT2D eigenvalue weighted by Gasteiger charge is 2.12. The molecule has 3 N–H and O–H groups in total. The Bertz CT molecular complexity index is 483. The summed E-state index contributed by atoms with van der Waals surface area (Å²) in [5.41, 5.74) is 4.86. The van der Waals surface area contributed by atoms with Gasteiger partial charge >= 0.3 is 0 Å². The molecule has 0 amide bonds. The molecule has 0 aromatic carbocycles. The van der Waals surface area contributed by atoms with Gasteiger partial charge in [-0.25, -0.2) is 0 Å². The van der Waals surface area contributed by atoms with Crippen LogP contribution in [0.1, 0.15) is 25.5 Å². The van der Waals surface area contributed by atoms with Crippen LogP contribution in [-0.2, 0) is 4.74 Å². The van der Waals surface area contributed by atoms with Crippen molar-refractivity contribution in [2.75, 3.05) is 6.61 Å². The topological polar surface area (TPSA) is 60.2 Å². The molecule has 92 valence electrons. The van der Waals surface area contributed by atoms with Gasteiger partial charge in [0, 0.05) is 6.20 Å². The second kappa shape index (κ2) is 5.55. The number of ether oxygens (including phenoxy) is 1. The van der Waals surface area contributed by atoms with E-state index in [2.05, 4.69) is 16.5 Å². The van der Waals surface area contributed by atoms with Crippen LogP contribution in [0.15, 0.2) is 23.7 Å². The van der Waals surface area contributed by atoms with Gasteiger partial charge in [-0.2, -0.15) is 0 Å². The third-order valence-electron chi connectivity index (χ3n) is 2.52. The Kier molecular flexibility index (Phi) is 4.06. The lowest BCUT2D eigenvalue weighted by molar-refractivity contribution is 0.0611. The molecule has 2 aromatic rings. The molecule has 0 fully saturated rings. The Balaban J connectivity index is 2.17. The molecule has 1 atom stereocenters. The quantitative estimate of drug-likeness (QED) is 0.632. The van der Waals surface area contributed by atoms with E-state index in [1.54, 1.807) is 11.3 Å². The molecule has 0 spiro atoms. The average Bonchev–Trinajstić information content (AvgIpc) is 2.76. The van der Waals surface area contributed by atoms with Crippen molar-refractivity contribution in [1.29, 1.82) is 0 Å². The van der Waals surface area contributed by atoms with E-state index in [1.165, 1.54) is 4.70 Å². The molecule has 5 heteroatoms. The summed E-state index contributed by atoms with van der Waals surface area (Å²) in [5.74, 6) is 5.56. The summed E-state index contributed by atoms with van der Waals surface area (Å²) in [5, 5.41) is 2.04. The van der Waals surface area contributed by atoms with Crippen molar-refractivity contribution < 1.29 is 4.74 Å². The number of rotatable bonds is 5. The number of hydrogen-bond donors (Lipinski definition) is 2. The molecule has 0 aliphatic heterocycles. The molecule has 0 radical (unpaired) electrons. The number of nitrogens with one attached hydrogen (secondary N) is 1. The highest BCUT2D eigenvalue weighted by atomic mass is 32.1. The van der Waals surface area contributed by atoms with Gasteiger partial charge in [0.1, 0.15) is 0 Å². The first-order valence-electron chi connectivity index (χ1n) is 5.61. The fourth-order valence-electron chi connectivity index (χ4n) is 1.58. The van der Waals surface area contributed by atoms with Crippen LogP contribution < -0.4 is 11.3 Å². The van der Waals surface area contributed by atoms with Gasteiger partial charge in [-0.05, 0) is 36.9 Å². The number of nitrogens with two attached hydrogens (primary N) is 1. The number of aromatic nitrogens is 1. The maximum Gasteiger partial charge on any atom is 0.0809 e. The van der Waals surface area contributed by atoms with Crippen molar-refractivity contribution in [2.45, 2.75) is 26.0 Å². The standard InChI is InChI=1S/C12H17N3OS/c1-8(2)16-7-11(15-13)9-5-12-10(14-6-9)3-4-17-12/h3-6,8,11,15H,7,13H2,1-2H3. The van der Waals surface area contributed by atoms with Crippen LogP contribution in [0.2, 0.25) is 0 Å². The zero-order valence-electron chi connectivity index (χ0n) is 10.0. The zero-order valence-corrected chi connectivity index (χ0v) is 10.8. The van der Waals surface area contributed by atoms with Gasteiger partial charge in [0.2, 0.25) is 0 Å². The van der Waals surface area contributed by atoms with E-state index in [4.69, 9.17) is 10.6 Å². The molecule has 17 heavy (non-hydrogen) atoms. The number of hydrazine groups is 1. The smallest absolute Gasteiger partial charge is 0.0809 e. The molecular weight excluding hydrogens is 234 g/mol. The van der Waals surface area contributed by atoms with Gasteiger partial charge in [0.25, 0.3) is 0 Å². The van der Waals surface area contributed by atoms with Crippen molar-refractivity contribution in [3.63, 3.8) is 0 Å². The second-order valence-electron chi connectivity index (χ2n) is 4.17. The van der Waals surface area contributed by atoms with E-state index < -0.39 is 0 Å². The van der Waals surface area contributed by atoms with Crippen molar-refractivity contribution in [3.05, 3.63) is 29.3 Å². The molecule has 4 nitrogen and oxygen atoms in total. The monoisotopic (exact) mass is 251 g/mol. The fourth-order valence-corrected chi connectivity index (χ4v) is 2.37. The second-order valence-corrected chi connectivity index (χ2v) is 5.12. The largest absolute Gasteiger partial charge is 0.377 e. The Morgan fingerprint density at radius 1 is 1.53 bits per heavy atom. The number of pyridine rings is 1. The summed E-state index contributed by atoms with van der Waals surface area (Å²) in [6, 6.07) is 4.11. The summed E-state index contributed by atoms with van der Waals surface area (Å²) < 4.78 is 6.75. The molecule has 2 heterocycles. The summed E-state index contributed by atoms with van der Waals surface area (Å²) >= 11 is 1.68. The lowest BCUT2D eigenvalue weighted by Gasteiger charge is -2.17. The Morgan fingerprint density at radius 2 is 2.35 bits per heavy atom.